The lowest BCUT2D eigenvalue weighted by atomic mass is 10.0. The molecule has 0 saturated carbocycles. The third kappa shape index (κ3) is 2.28. The van der Waals surface area contributed by atoms with Crippen LogP contribution in [0.2, 0.25) is 0 Å². The van der Waals surface area contributed by atoms with Crippen molar-refractivity contribution in [1.29, 1.82) is 0 Å². The van der Waals surface area contributed by atoms with Gasteiger partial charge >= 0.3 is 6.18 Å². The van der Waals surface area contributed by atoms with Gasteiger partial charge in [0.25, 0.3) is 0 Å². The Labute approximate surface area is 102 Å². The summed E-state index contributed by atoms with van der Waals surface area (Å²) in [6.45, 7) is 0. The first kappa shape index (κ1) is 12.7. The molecule has 8 heteroatoms. The largest absolute Gasteiger partial charge is 0.417 e. The summed E-state index contributed by atoms with van der Waals surface area (Å²) in [6.07, 6.45) is -4.80. The van der Waals surface area contributed by atoms with E-state index in [1.54, 1.807) is 0 Å². The zero-order chi connectivity index (χ0) is 13.5. The molecular formula is C10H5F5N2S. The summed E-state index contributed by atoms with van der Waals surface area (Å²) in [5, 5.41) is 1.29. The van der Waals surface area contributed by atoms with Gasteiger partial charge < -0.3 is 5.73 Å². The summed E-state index contributed by atoms with van der Waals surface area (Å²) in [4.78, 5) is 3.63. The van der Waals surface area contributed by atoms with Gasteiger partial charge in [0.15, 0.2) is 16.8 Å². The zero-order valence-corrected chi connectivity index (χ0v) is 9.37. The molecule has 0 bridgehead atoms. The van der Waals surface area contributed by atoms with E-state index in [9.17, 15) is 22.0 Å². The maximum absolute atomic E-state index is 13.0. The molecule has 1 heterocycles. The van der Waals surface area contributed by atoms with Gasteiger partial charge in [-0.2, -0.15) is 13.2 Å². The topological polar surface area (TPSA) is 38.9 Å². The number of nitrogens with zero attached hydrogens (tertiary/aromatic N) is 1. The summed E-state index contributed by atoms with van der Waals surface area (Å²) in [5.41, 5.74) is 3.35. The van der Waals surface area contributed by atoms with E-state index in [1.807, 2.05) is 0 Å². The molecule has 0 aliphatic rings. The first-order valence-corrected chi connectivity index (χ1v) is 5.44. The quantitative estimate of drug-likeness (QED) is 0.809. The van der Waals surface area contributed by atoms with Crippen LogP contribution in [-0.2, 0) is 6.18 Å². The summed E-state index contributed by atoms with van der Waals surface area (Å²) in [6, 6.07) is 0.576. The number of hydrogen-bond acceptors (Lipinski definition) is 3. The fourth-order valence-corrected chi connectivity index (χ4v) is 1.97. The molecule has 0 fully saturated rings. The fraction of sp³-hybridized carbons (Fsp3) is 0.100. The van der Waals surface area contributed by atoms with Gasteiger partial charge in [-0.05, 0) is 12.1 Å². The van der Waals surface area contributed by atoms with Gasteiger partial charge in [0.1, 0.15) is 0 Å². The summed E-state index contributed by atoms with van der Waals surface area (Å²) >= 11 is 0.912. The molecule has 0 aliphatic heterocycles. The molecular weight excluding hydrogens is 275 g/mol. The second-order valence-corrected chi connectivity index (χ2v) is 4.27. The molecule has 0 amide bonds. The highest BCUT2D eigenvalue weighted by molar-refractivity contribution is 7.13. The van der Waals surface area contributed by atoms with E-state index >= 15 is 0 Å². The minimum absolute atomic E-state index is 0.0443. The molecule has 96 valence electrons. The number of rotatable bonds is 1. The lowest BCUT2D eigenvalue weighted by molar-refractivity contribution is -0.137. The number of hydrogen-bond donors (Lipinski definition) is 1. The monoisotopic (exact) mass is 280 g/mol. The number of nitrogen functional groups attached to an aromatic ring is 1. The van der Waals surface area contributed by atoms with E-state index in [2.05, 4.69) is 4.98 Å². The van der Waals surface area contributed by atoms with Crippen molar-refractivity contribution in [3.05, 3.63) is 34.7 Å². The van der Waals surface area contributed by atoms with Crippen molar-refractivity contribution in [2.45, 2.75) is 6.18 Å². The lowest BCUT2D eigenvalue weighted by Crippen LogP contribution is -2.09. The molecule has 2 nitrogen and oxygen atoms in total. The van der Waals surface area contributed by atoms with Crippen molar-refractivity contribution >= 4 is 16.5 Å². The number of benzene rings is 1. The maximum Gasteiger partial charge on any atom is 0.417 e. The number of thiazole rings is 1. The molecule has 0 aliphatic carbocycles. The number of aromatic nitrogens is 1. The van der Waals surface area contributed by atoms with Crippen molar-refractivity contribution < 1.29 is 22.0 Å². The van der Waals surface area contributed by atoms with E-state index in [1.165, 1.54) is 5.38 Å². The highest BCUT2D eigenvalue weighted by Gasteiger charge is 2.35. The van der Waals surface area contributed by atoms with Crippen LogP contribution in [0.3, 0.4) is 0 Å². The highest BCUT2D eigenvalue weighted by atomic mass is 32.1. The van der Waals surface area contributed by atoms with E-state index in [4.69, 9.17) is 5.73 Å². The summed E-state index contributed by atoms with van der Waals surface area (Å²) in [7, 11) is 0. The van der Waals surface area contributed by atoms with Crippen molar-refractivity contribution in [2.75, 3.05) is 5.73 Å². The molecule has 0 saturated heterocycles. The predicted molar refractivity (Wildman–Crippen MR) is 56.9 cm³/mol. The van der Waals surface area contributed by atoms with Crippen molar-refractivity contribution in [3.63, 3.8) is 0 Å². The average molecular weight is 280 g/mol. The highest BCUT2D eigenvalue weighted by Crippen LogP contribution is 2.38. The maximum atomic E-state index is 13.0. The van der Waals surface area contributed by atoms with Gasteiger partial charge in [-0.3, -0.25) is 0 Å². The fourth-order valence-electron chi connectivity index (χ4n) is 1.40. The number of alkyl halides is 3. The third-order valence-electron chi connectivity index (χ3n) is 2.16. The van der Waals surface area contributed by atoms with Gasteiger partial charge in [0.05, 0.1) is 11.3 Å². The van der Waals surface area contributed by atoms with E-state index in [0.717, 1.165) is 11.3 Å². The molecule has 2 rings (SSSR count). The van der Waals surface area contributed by atoms with Gasteiger partial charge in [-0.25, -0.2) is 13.8 Å². The Bertz CT molecular complexity index is 590. The molecule has 2 aromatic rings. The summed E-state index contributed by atoms with van der Waals surface area (Å²) in [5.74, 6) is -2.93. The molecule has 0 unspecified atom stereocenters. The Morgan fingerprint density at radius 3 is 2.22 bits per heavy atom. The van der Waals surface area contributed by atoms with Crippen LogP contribution in [0.1, 0.15) is 5.56 Å². The Morgan fingerprint density at radius 1 is 1.11 bits per heavy atom. The van der Waals surface area contributed by atoms with Crippen LogP contribution >= 0.6 is 11.3 Å². The zero-order valence-electron chi connectivity index (χ0n) is 8.55. The second kappa shape index (κ2) is 4.20. The predicted octanol–water partition coefficient (Wildman–Crippen LogP) is 3.69. The Kier molecular flexibility index (Phi) is 2.97. The minimum Gasteiger partial charge on any atom is -0.375 e. The lowest BCUT2D eigenvalue weighted by Gasteiger charge is -2.11. The normalized spacial score (nSPS) is 11.8. The Morgan fingerprint density at radius 2 is 1.72 bits per heavy atom. The first-order valence-electron chi connectivity index (χ1n) is 4.56. The van der Waals surface area contributed by atoms with Crippen LogP contribution in [0, 0.1) is 11.6 Å². The van der Waals surface area contributed by atoms with Gasteiger partial charge in [0.2, 0.25) is 0 Å². The van der Waals surface area contributed by atoms with E-state index in [0.29, 0.717) is 6.07 Å². The standard InChI is InChI=1S/C10H5F5N2S/c11-6-1-4(8-3-18-9(16)17-8)5(2-7(6)12)10(13,14)15/h1-3H,(H2,16,17). The van der Waals surface area contributed by atoms with Gasteiger partial charge in [-0.1, -0.05) is 0 Å². The average Bonchev–Trinajstić information content (AvgIpc) is 2.67. The van der Waals surface area contributed by atoms with Gasteiger partial charge in [0, 0.05) is 10.9 Å². The van der Waals surface area contributed by atoms with Crippen LogP contribution in [0.15, 0.2) is 17.5 Å². The van der Waals surface area contributed by atoms with E-state index in [-0.39, 0.29) is 16.9 Å². The van der Waals surface area contributed by atoms with E-state index < -0.39 is 28.9 Å². The van der Waals surface area contributed by atoms with Crippen molar-refractivity contribution in [3.8, 4) is 11.3 Å². The minimum atomic E-state index is -4.80. The molecule has 1 aromatic heterocycles. The van der Waals surface area contributed by atoms with Crippen LogP contribution in [0.5, 0.6) is 0 Å². The van der Waals surface area contributed by atoms with Crippen molar-refractivity contribution in [1.82, 2.24) is 4.98 Å². The van der Waals surface area contributed by atoms with Crippen molar-refractivity contribution in [2.24, 2.45) is 0 Å². The van der Waals surface area contributed by atoms with Crippen LogP contribution in [-0.4, -0.2) is 4.98 Å². The Hall–Kier alpha value is -1.70. The number of halogens is 5. The molecule has 1 aromatic carbocycles. The molecule has 18 heavy (non-hydrogen) atoms. The first-order chi connectivity index (χ1) is 8.29. The molecule has 0 spiro atoms. The SMILES string of the molecule is Nc1nc(-c2cc(F)c(F)cc2C(F)(F)F)cs1. The van der Waals surface area contributed by atoms with Crippen LogP contribution in [0.25, 0.3) is 11.3 Å². The molecule has 0 atom stereocenters. The Balaban J connectivity index is 2.69. The molecule has 0 radical (unpaired) electrons. The van der Waals surface area contributed by atoms with Crippen LogP contribution < -0.4 is 5.73 Å². The summed E-state index contributed by atoms with van der Waals surface area (Å²) < 4.78 is 64.1. The van der Waals surface area contributed by atoms with Crippen LogP contribution in [0.4, 0.5) is 27.1 Å². The number of anilines is 1. The number of nitrogens with two attached hydrogens (primary N) is 1. The second-order valence-electron chi connectivity index (χ2n) is 3.38. The smallest absolute Gasteiger partial charge is 0.375 e. The molecule has 2 N–H and O–H groups in total. The third-order valence-corrected chi connectivity index (χ3v) is 2.84. The van der Waals surface area contributed by atoms with Gasteiger partial charge in [-0.15, -0.1) is 11.3 Å².